The van der Waals surface area contributed by atoms with Crippen LogP contribution in [0.5, 0.6) is 0 Å². The lowest BCUT2D eigenvalue weighted by atomic mass is 9.97. The van der Waals surface area contributed by atoms with E-state index in [2.05, 4.69) is 82.5 Å². The molecule has 2 saturated heterocycles. The van der Waals surface area contributed by atoms with Crippen LogP contribution in [0.25, 0.3) is 55.2 Å². The third-order valence-electron chi connectivity index (χ3n) is 23.5. The molecule has 2 saturated carbocycles. The van der Waals surface area contributed by atoms with Gasteiger partial charge in [0.15, 0.2) is 45.7 Å². The first kappa shape index (κ1) is 90.7. The molecule has 4 fully saturated rings. The number of H-pyrrole nitrogens is 10. The zero-order valence-electron chi connectivity index (χ0n) is 70.7. The van der Waals surface area contributed by atoms with E-state index in [0.29, 0.717) is 48.2 Å². The maximum atomic E-state index is 13.6. The molecule has 672 valence electrons. The van der Waals surface area contributed by atoms with Gasteiger partial charge in [-0.2, -0.15) is 0 Å². The van der Waals surface area contributed by atoms with Gasteiger partial charge >= 0.3 is 11.9 Å². The fourth-order valence-corrected chi connectivity index (χ4v) is 18.3. The normalized spacial score (nSPS) is 15.7. The molecular formula is C91H96N22O13S4. The summed E-state index contributed by atoms with van der Waals surface area (Å²) in [6, 6.07) is 42.9. The lowest BCUT2D eigenvalue weighted by molar-refractivity contribution is -0.154. The number of benzene rings is 5. The summed E-state index contributed by atoms with van der Waals surface area (Å²) in [6.07, 6.45) is 26.9. The van der Waals surface area contributed by atoms with Crippen molar-refractivity contribution in [3.63, 3.8) is 0 Å². The Hall–Kier alpha value is -14.1. The van der Waals surface area contributed by atoms with E-state index in [1.165, 1.54) is 36.4 Å². The third-order valence-corrected chi connectivity index (χ3v) is 25.2. The van der Waals surface area contributed by atoms with Crippen molar-refractivity contribution in [3.05, 3.63) is 304 Å². The predicted octanol–water partition coefficient (Wildman–Crippen LogP) is 13.5. The van der Waals surface area contributed by atoms with Gasteiger partial charge < -0.3 is 42.6 Å². The number of allylic oxidation sites excluding steroid dienone is 1. The first-order valence-corrected chi connectivity index (χ1v) is 44.8. The van der Waals surface area contributed by atoms with E-state index < -0.39 is 47.3 Å². The van der Waals surface area contributed by atoms with Crippen LogP contribution in [0.3, 0.4) is 0 Å². The highest BCUT2D eigenvalue weighted by molar-refractivity contribution is 7.72. The van der Waals surface area contributed by atoms with Crippen molar-refractivity contribution in [3.8, 4) is 0 Å². The number of nitrogens with zero attached hydrogens (tertiary/aromatic N) is 12. The number of amides is 2. The van der Waals surface area contributed by atoms with Gasteiger partial charge in [0.2, 0.25) is 11.8 Å². The first-order valence-electron chi connectivity index (χ1n) is 43.2. The summed E-state index contributed by atoms with van der Waals surface area (Å²) in [6.45, 7) is 6.59. The van der Waals surface area contributed by atoms with E-state index in [9.17, 15) is 53.1 Å². The molecule has 0 bridgehead atoms. The average molecular weight is 1830 g/mol. The van der Waals surface area contributed by atoms with Crippen molar-refractivity contribution in [1.82, 2.24) is 109 Å². The molecule has 4 aliphatic rings. The minimum Gasteiger partial charge on any atom is -0.510 e. The van der Waals surface area contributed by atoms with E-state index in [-0.39, 0.29) is 89.1 Å². The second-order valence-corrected chi connectivity index (χ2v) is 33.6. The number of esters is 2. The van der Waals surface area contributed by atoms with E-state index >= 15 is 0 Å². The van der Waals surface area contributed by atoms with Crippen LogP contribution in [0.4, 0.5) is 0 Å². The van der Waals surface area contributed by atoms with Gasteiger partial charge in [-0.25, -0.2) is 34.5 Å². The summed E-state index contributed by atoms with van der Waals surface area (Å²) >= 11 is 22.0. The van der Waals surface area contributed by atoms with Crippen LogP contribution in [0, 0.1) is 18.6 Å². The van der Waals surface area contributed by atoms with Crippen molar-refractivity contribution in [2.24, 2.45) is 0 Å². The van der Waals surface area contributed by atoms with Gasteiger partial charge in [0, 0.05) is 26.2 Å². The molecule has 12 heterocycles. The number of aliphatic hydroxyl groups is 1. The first-order chi connectivity index (χ1) is 63.2. The Morgan fingerprint density at radius 1 is 0.315 bits per heavy atom. The molecule has 130 heavy (non-hydrogen) atoms. The number of hydrogen-bond donors (Lipinski definition) is 11. The molecule has 2 aliphatic heterocycles. The van der Waals surface area contributed by atoms with Crippen molar-refractivity contribution in [2.45, 2.75) is 164 Å². The molecule has 0 spiro atoms. The fraction of sp³-hybridized carbons (Fsp3) is 0.330. The number of likely N-dealkylation sites (tertiary alicyclic amines) is 2. The lowest BCUT2D eigenvalue weighted by Gasteiger charge is -2.30. The number of aromatic nitrogens is 20. The average Bonchev–Trinajstić information content (AvgIpc) is 1.56. The molecular weight excluding hydrogens is 1740 g/mol. The Morgan fingerprint density at radius 2 is 0.546 bits per heavy atom. The number of aromatic amines is 10. The maximum absolute atomic E-state index is 13.6. The van der Waals surface area contributed by atoms with E-state index in [0.717, 1.165) is 158 Å². The second kappa shape index (κ2) is 42.3. The largest absolute Gasteiger partial charge is 0.510 e. The number of nitrogens with one attached hydrogen (secondary N) is 10. The summed E-state index contributed by atoms with van der Waals surface area (Å²) in [5.41, 5.74) is 3.02. The van der Waals surface area contributed by atoms with E-state index in [1.807, 2.05) is 137 Å². The van der Waals surface area contributed by atoms with Crippen molar-refractivity contribution >= 4 is 128 Å². The number of carbonyl (C=O) groups is 4. The molecule has 2 aliphatic carbocycles. The number of hydrogen-bond acceptors (Lipinski definition) is 22. The molecule has 0 radical (unpaired) electrons. The Morgan fingerprint density at radius 3 is 0.846 bits per heavy atom. The van der Waals surface area contributed by atoms with E-state index in [1.54, 1.807) is 55.2 Å². The van der Waals surface area contributed by atoms with Crippen LogP contribution < -0.4 is 33.4 Å². The lowest BCUT2D eigenvalue weighted by Crippen LogP contribution is -2.40. The highest BCUT2D eigenvalue weighted by Gasteiger charge is 2.35. The van der Waals surface area contributed by atoms with Gasteiger partial charge in [-0.15, -0.1) is 0 Å². The Balaban J connectivity index is 0.000000125. The van der Waals surface area contributed by atoms with E-state index in [4.69, 9.17) is 58.3 Å². The number of ether oxygens (including phenoxy) is 2. The molecule has 15 aromatic rings. The molecule has 5 atom stereocenters. The molecule has 5 aromatic carbocycles. The van der Waals surface area contributed by atoms with Crippen LogP contribution in [-0.2, 0) is 28.7 Å². The SMILES string of the molecule is C=C(O)C(c1ccccc1)n1cnc2[nH][nH]c(=O)c2c1=S.O=C(C(c1ccccc1)n1cnc2[nH][nH]c(=O)c2c1=S)N1CCCCCC1.O=C(C(c1ccccc1)n1cnc2[nH][nH]c(=O)c2c1=S)N1CCCCCCC1.O=C(OC1CCCCC1)C(c1ccccc1)n1cnc2[nH][nH]c(=O)c2c1=O.O=C(OC1CCCCC1)C(c1ccccc1)n1cnc2[nH][nH]c(=O)c2c1=S. The van der Waals surface area contributed by atoms with Gasteiger partial charge in [0.1, 0.15) is 82.5 Å². The monoisotopic (exact) mass is 1830 g/mol. The molecule has 19 rings (SSSR count). The fourth-order valence-electron chi connectivity index (χ4n) is 16.9. The van der Waals surface area contributed by atoms with Gasteiger partial charge in [-0.3, -0.25) is 93.9 Å². The molecule has 2 amide bonds. The highest BCUT2D eigenvalue weighted by atomic mass is 32.1. The number of carbonyl (C=O) groups excluding carboxylic acids is 4. The minimum atomic E-state index is -0.994. The summed E-state index contributed by atoms with van der Waals surface area (Å²) in [5, 5.41) is 36.6. The van der Waals surface area contributed by atoms with Crippen LogP contribution in [0.1, 0.15) is 180 Å². The van der Waals surface area contributed by atoms with Gasteiger partial charge in [0.05, 0.1) is 25.3 Å². The number of aliphatic hydroxyl groups excluding tert-OH is 1. The number of fused-ring (bicyclic) bond motifs is 5. The molecule has 11 N–H and O–H groups in total. The quantitative estimate of drug-likeness (QED) is 0.0229. The highest BCUT2D eigenvalue weighted by Crippen LogP contribution is 2.32. The van der Waals surface area contributed by atoms with Crippen LogP contribution in [0.15, 0.2) is 224 Å². The molecule has 39 heteroatoms. The summed E-state index contributed by atoms with van der Waals surface area (Å²) < 4.78 is 20.2. The zero-order chi connectivity index (χ0) is 90.9. The van der Waals surface area contributed by atoms with Crippen molar-refractivity contribution in [2.75, 3.05) is 26.2 Å². The topological polar surface area (TPSA) is 463 Å². The van der Waals surface area contributed by atoms with Crippen molar-refractivity contribution in [1.29, 1.82) is 0 Å². The second-order valence-electron chi connectivity index (χ2n) is 32.1. The zero-order valence-corrected chi connectivity index (χ0v) is 73.9. The van der Waals surface area contributed by atoms with Crippen LogP contribution in [-0.4, -0.2) is 176 Å². The smallest absolute Gasteiger partial charge is 0.334 e. The summed E-state index contributed by atoms with van der Waals surface area (Å²) in [5.74, 6) is -0.976. The van der Waals surface area contributed by atoms with Gasteiger partial charge in [-0.05, 0) is 105 Å². The maximum Gasteiger partial charge on any atom is 0.334 e. The predicted molar refractivity (Wildman–Crippen MR) is 498 cm³/mol. The summed E-state index contributed by atoms with van der Waals surface area (Å²) in [7, 11) is 0. The van der Waals surface area contributed by atoms with Crippen LogP contribution >= 0.6 is 48.9 Å². The Labute approximate surface area is 760 Å². The molecule has 10 aromatic heterocycles. The van der Waals surface area contributed by atoms with Gasteiger partial charge in [0.25, 0.3) is 33.4 Å². The van der Waals surface area contributed by atoms with Crippen molar-refractivity contribution < 1.29 is 33.8 Å². The minimum absolute atomic E-state index is 0.00249. The third kappa shape index (κ3) is 20.4. The molecule has 35 nitrogen and oxygen atoms in total. The van der Waals surface area contributed by atoms with Crippen LogP contribution in [0.2, 0.25) is 0 Å². The Bertz CT molecular complexity index is 6990. The molecule has 5 unspecified atom stereocenters. The summed E-state index contributed by atoms with van der Waals surface area (Å²) in [4.78, 5) is 151. The van der Waals surface area contributed by atoms with Gasteiger partial charge in [-0.1, -0.05) is 252 Å². The standard InChI is InChI=1S/C20H23N5O2S.C19H21N5O2S.C19H20N4O4.C19H20N4O3S.C14H12N4O2S/c26-18-15-17(22-23-18)21-13-25(20(15)28)16(14-9-5-4-6-10-14)19(27)24-11-7-2-1-3-8-12-24;25-17-14-16(21-22-17)20-12-24(19(14)27)15(13-8-4-3-5-9-13)18(26)23-10-6-1-2-7-11-23;24-17-14-16(21-22-17)20-11-23(18(14)25)15(12-7-3-1-4-8-12)19(26)27-13-9-5-2-6-10-13;24-17-14-16(21-22-17)20-11-23(18(14)27)15(12-7-3-1-4-8-12)19(25)26-13-9-5-2-6-10-13;1-8(19)11(9-5-3-2-4-6-9)18-7-15-12-10(14(18)21)13(20)17-16-12/h4-6,9-10,13,16H,1-3,7-8,11-12H2,(H2,22,23,26);3-5,8-9,12,15H,1-2,6-7,10-11H2,(H2,21,22,25);2*1,3-4,7-8,11,13,15H,2,5-6,9-10H2,(H2,21,22,24);2-7,11,19H,1H2,(H2,16,17,20). The Kier molecular flexibility index (Phi) is 29.5. The number of rotatable bonds is 17.